The number of carbonyl (C=O) groups is 1. The molecule has 0 spiro atoms. The van der Waals surface area contributed by atoms with Crippen molar-refractivity contribution < 1.29 is 4.79 Å². The van der Waals surface area contributed by atoms with Crippen LogP contribution in [0.25, 0.3) is 0 Å². The normalized spacial score (nSPS) is 28.6. The van der Waals surface area contributed by atoms with Crippen LogP contribution >= 0.6 is 0 Å². The minimum Gasteiger partial charge on any atom is -0.299 e. The Bertz CT molecular complexity index is 595. The summed E-state index contributed by atoms with van der Waals surface area (Å²) >= 11 is 0. The van der Waals surface area contributed by atoms with Crippen molar-refractivity contribution in [2.75, 3.05) is 0 Å². The van der Waals surface area contributed by atoms with Gasteiger partial charge in [0.05, 0.1) is 0 Å². The molecule has 1 atom stereocenters. The third kappa shape index (κ3) is 3.76. The minimum atomic E-state index is 0.424. The third-order valence-electron chi connectivity index (χ3n) is 5.03. The van der Waals surface area contributed by atoms with Gasteiger partial charge in [0.15, 0.2) is 0 Å². The van der Waals surface area contributed by atoms with Crippen LogP contribution in [0.2, 0.25) is 0 Å². The maximum absolute atomic E-state index is 10.4. The van der Waals surface area contributed by atoms with Crippen LogP contribution in [0.1, 0.15) is 59.8 Å². The van der Waals surface area contributed by atoms with Crippen molar-refractivity contribution in [3.8, 4) is 0 Å². The van der Waals surface area contributed by atoms with E-state index in [9.17, 15) is 4.79 Å². The van der Waals surface area contributed by atoms with Crippen LogP contribution in [0, 0.1) is 5.41 Å². The summed E-state index contributed by atoms with van der Waals surface area (Å²) in [4.78, 5) is 10.4. The van der Waals surface area contributed by atoms with E-state index in [1.807, 2.05) is 19.1 Å². The molecule has 22 heavy (non-hydrogen) atoms. The molecule has 0 unspecified atom stereocenters. The maximum Gasteiger partial charge on any atom is 0.143 e. The summed E-state index contributed by atoms with van der Waals surface area (Å²) in [5, 5.41) is 0. The van der Waals surface area contributed by atoms with Gasteiger partial charge in [-0.25, -0.2) is 0 Å². The second kappa shape index (κ2) is 7.09. The standard InChI is InChI=1S/C21H28O/c1-16(11-14-22)7-5-8-17(2)15-19-10-13-21(4)12-6-9-18(3)20(19)21/h5,7-8,11,14-15H,6,9-10,12-13H2,1-4H3/b7-5-,16-11+,17-8+,19-15-/t21-/m1/s1. The lowest BCUT2D eigenvalue weighted by atomic mass is 9.72. The van der Waals surface area contributed by atoms with Gasteiger partial charge in [0.2, 0.25) is 0 Å². The van der Waals surface area contributed by atoms with Gasteiger partial charge in [-0.1, -0.05) is 42.4 Å². The fourth-order valence-corrected chi connectivity index (χ4v) is 3.94. The van der Waals surface area contributed by atoms with Gasteiger partial charge in [-0.15, -0.1) is 0 Å². The van der Waals surface area contributed by atoms with Gasteiger partial charge < -0.3 is 0 Å². The Morgan fingerprint density at radius 1 is 1.09 bits per heavy atom. The van der Waals surface area contributed by atoms with E-state index < -0.39 is 0 Å². The number of aldehydes is 1. The van der Waals surface area contributed by atoms with E-state index in [1.165, 1.54) is 37.7 Å². The van der Waals surface area contributed by atoms with Crippen molar-refractivity contribution in [1.82, 2.24) is 0 Å². The predicted octanol–water partition coefficient (Wildman–Crippen LogP) is 5.86. The van der Waals surface area contributed by atoms with Crippen LogP contribution in [0.4, 0.5) is 0 Å². The molecular formula is C21H28O. The second-order valence-electron chi connectivity index (χ2n) is 7.06. The largest absolute Gasteiger partial charge is 0.299 e. The van der Waals surface area contributed by atoms with Gasteiger partial charge in [0, 0.05) is 0 Å². The molecule has 0 amide bonds. The molecule has 0 bridgehead atoms. The SMILES string of the molecule is CC1=C2\C(=C/C(C)=C/C=C\C(C)=C\C=O)CC[C@@]2(C)CCC1. The number of allylic oxidation sites excluding steroid dienone is 10. The molecule has 2 aliphatic carbocycles. The minimum absolute atomic E-state index is 0.424. The Morgan fingerprint density at radius 3 is 2.59 bits per heavy atom. The molecule has 1 heteroatoms. The fourth-order valence-electron chi connectivity index (χ4n) is 3.94. The molecule has 0 aromatic carbocycles. The number of hydrogen-bond acceptors (Lipinski definition) is 1. The van der Waals surface area contributed by atoms with Crippen molar-refractivity contribution in [2.45, 2.75) is 59.8 Å². The maximum atomic E-state index is 10.4. The summed E-state index contributed by atoms with van der Waals surface area (Å²) in [5.41, 5.74) is 7.47. The lowest BCUT2D eigenvalue weighted by Gasteiger charge is -2.32. The average molecular weight is 296 g/mol. The highest BCUT2D eigenvalue weighted by Crippen LogP contribution is 2.53. The summed E-state index contributed by atoms with van der Waals surface area (Å²) < 4.78 is 0. The van der Waals surface area contributed by atoms with Crippen molar-refractivity contribution in [3.63, 3.8) is 0 Å². The molecular weight excluding hydrogens is 268 g/mol. The molecule has 2 rings (SSSR count). The van der Waals surface area contributed by atoms with Crippen LogP contribution in [-0.4, -0.2) is 6.29 Å². The molecule has 0 aliphatic heterocycles. The zero-order chi connectivity index (χ0) is 16.2. The van der Waals surface area contributed by atoms with E-state index >= 15 is 0 Å². The first-order valence-corrected chi connectivity index (χ1v) is 8.34. The molecule has 0 N–H and O–H groups in total. The number of rotatable bonds is 4. The van der Waals surface area contributed by atoms with Crippen molar-refractivity contribution in [3.05, 3.63) is 58.2 Å². The first kappa shape index (κ1) is 16.7. The highest BCUT2D eigenvalue weighted by Gasteiger charge is 2.39. The average Bonchev–Trinajstić information content (AvgIpc) is 2.77. The number of carbonyl (C=O) groups excluding carboxylic acids is 1. The van der Waals surface area contributed by atoms with E-state index in [4.69, 9.17) is 0 Å². The Morgan fingerprint density at radius 2 is 1.86 bits per heavy atom. The topological polar surface area (TPSA) is 17.1 Å². The van der Waals surface area contributed by atoms with Gasteiger partial charge in [-0.05, 0) is 81.1 Å². The first-order chi connectivity index (χ1) is 10.5. The lowest BCUT2D eigenvalue weighted by Crippen LogP contribution is -2.19. The molecule has 2 aliphatic rings. The predicted molar refractivity (Wildman–Crippen MR) is 94.7 cm³/mol. The van der Waals surface area contributed by atoms with Crippen LogP contribution in [-0.2, 0) is 4.79 Å². The quantitative estimate of drug-likeness (QED) is 0.361. The molecule has 1 fully saturated rings. The van der Waals surface area contributed by atoms with Crippen LogP contribution in [0.15, 0.2) is 58.2 Å². The van der Waals surface area contributed by atoms with Gasteiger partial charge in [0.1, 0.15) is 6.29 Å². The van der Waals surface area contributed by atoms with Crippen molar-refractivity contribution in [2.24, 2.45) is 5.41 Å². The Labute approximate surface area is 135 Å². The summed E-state index contributed by atoms with van der Waals surface area (Å²) in [6.07, 6.45) is 17.4. The van der Waals surface area contributed by atoms with E-state index in [-0.39, 0.29) is 0 Å². The summed E-state index contributed by atoms with van der Waals surface area (Å²) in [5.74, 6) is 0. The van der Waals surface area contributed by atoms with Crippen LogP contribution < -0.4 is 0 Å². The molecule has 0 aromatic heterocycles. The van der Waals surface area contributed by atoms with Crippen LogP contribution in [0.5, 0.6) is 0 Å². The van der Waals surface area contributed by atoms with E-state index in [0.29, 0.717) is 5.41 Å². The molecule has 0 saturated heterocycles. The van der Waals surface area contributed by atoms with Gasteiger partial charge in [-0.3, -0.25) is 4.79 Å². The van der Waals surface area contributed by atoms with E-state index in [1.54, 1.807) is 22.8 Å². The van der Waals surface area contributed by atoms with Crippen molar-refractivity contribution >= 4 is 6.29 Å². The molecule has 0 heterocycles. The van der Waals surface area contributed by atoms with Gasteiger partial charge in [-0.2, -0.15) is 0 Å². The highest BCUT2D eigenvalue weighted by atomic mass is 16.1. The smallest absolute Gasteiger partial charge is 0.143 e. The lowest BCUT2D eigenvalue weighted by molar-refractivity contribution is -0.104. The third-order valence-corrected chi connectivity index (χ3v) is 5.03. The van der Waals surface area contributed by atoms with Crippen LogP contribution in [0.3, 0.4) is 0 Å². The second-order valence-corrected chi connectivity index (χ2v) is 7.06. The molecule has 118 valence electrons. The summed E-state index contributed by atoms with van der Waals surface area (Å²) in [7, 11) is 0. The molecule has 1 nitrogen and oxygen atoms in total. The monoisotopic (exact) mass is 296 g/mol. The fraction of sp³-hybridized carbons (Fsp3) is 0.476. The number of fused-ring (bicyclic) bond motifs is 1. The van der Waals surface area contributed by atoms with Gasteiger partial charge in [0.25, 0.3) is 0 Å². The zero-order valence-corrected chi connectivity index (χ0v) is 14.4. The molecule has 0 radical (unpaired) electrons. The summed E-state index contributed by atoms with van der Waals surface area (Å²) in [6.45, 7) is 8.85. The summed E-state index contributed by atoms with van der Waals surface area (Å²) in [6, 6.07) is 0. The first-order valence-electron chi connectivity index (χ1n) is 8.34. The molecule has 0 aromatic rings. The Kier molecular flexibility index (Phi) is 5.39. The van der Waals surface area contributed by atoms with E-state index in [0.717, 1.165) is 11.9 Å². The Balaban J connectivity index is 2.19. The number of hydrogen-bond donors (Lipinski definition) is 0. The zero-order valence-electron chi connectivity index (χ0n) is 14.4. The van der Waals surface area contributed by atoms with Gasteiger partial charge >= 0.3 is 0 Å². The van der Waals surface area contributed by atoms with Crippen molar-refractivity contribution in [1.29, 1.82) is 0 Å². The highest BCUT2D eigenvalue weighted by molar-refractivity contribution is 5.67. The Hall–Kier alpha value is -1.63. The van der Waals surface area contributed by atoms with E-state index in [2.05, 4.69) is 32.9 Å². The molecule has 1 saturated carbocycles.